The van der Waals surface area contributed by atoms with Gasteiger partial charge in [-0.1, -0.05) is 6.92 Å². The van der Waals surface area contributed by atoms with E-state index in [1.54, 1.807) is 0 Å². The molecule has 0 aliphatic rings. The van der Waals surface area contributed by atoms with Gasteiger partial charge in [-0.15, -0.1) is 0 Å². The van der Waals surface area contributed by atoms with Crippen molar-refractivity contribution in [3.63, 3.8) is 0 Å². The fourth-order valence-corrected chi connectivity index (χ4v) is 0.725. The number of nitrogens with one attached hydrogen (secondary N) is 1. The Hall–Kier alpha value is -0.570. The quantitative estimate of drug-likeness (QED) is 0.463. The van der Waals surface area contributed by atoms with Crippen LogP contribution in [-0.4, -0.2) is 25.7 Å². The monoisotopic (exact) mass is 159 g/mol. The number of carbonyl (C=O) groups excluding carboxylic acids is 1. The first-order valence-corrected chi connectivity index (χ1v) is 4.17. The molecular formula is C8H17NO2. The summed E-state index contributed by atoms with van der Waals surface area (Å²) >= 11 is 0. The van der Waals surface area contributed by atoms with Gasteiger partial charge < -0.3 is 10.1 Å². The zero-order chi connectivity index (χ0) is 8.53. The maximum absolute atomic E-state index is 10.7. The second-order valence-electron chi connectivity index (χ2n) is 2.31. The molecule has 0 fully saturated rings. The Morgan fingerprint density at radius 2 is 2.09 bits per heavy atom. The Balaban J connectivity index is 3.04. The molecule has 0 aromatic heterocycles. The molecule has 0 aromatic carbocycles. The molecule has 0 bridgehead atoms. The van der Waals surface area contributed by atoms with E-state index < -0.39 is 0 Å². The molecule has 11 heavy (non-hydrogen) atoms. The highest BCUT2D eigenvalue weighted by Gasteiger charge is 1.98. The van der Waals surface area contributed by atoms with Crippen LogP contribution in [-0.2, 0) is 9.53 Å². The van der Waals surface area contributed by atoms with Crippen molar-refractivity contribution in [2.45, 2.75) is 26.7 Å². The third-order valence-corrected chi connectivity index (χ3v) is 1.24. The highest BCUT2D eigenvalue weighted by atomic mass is 16.5. The zero-order valence-electron chi connectivity index (χ0n) is 7.35. The van der Waals surface area contributed by atoms with E-state index in [-0.39, 0.29) is 5.97 Å². The molecule has 0 radical (unpaired) electrons. The summed E-state index contributed by atoms with van der Waals surface area (Å²) in [5.41, 5.74) is 0. The Kier molecular flexibility index (Phi) is 7.15. The van der Waals surface area contributed by atoms with Gasteiger partial charge in [-0.2, -0.15) is 0 Å². The molecule has 3 heteroatoms. The lowest BCUT2D eigenvalue weighted by Gasteiger charge is -2.02. The number of hydrogen-bond acceptors (Lipinski definition) is 3. The molecule has 0 saturated heterocycles. The van der Waals surface area contributed by atoms with Crippen molar-refractivity contribution in [1.29, 1.82) is 0 Å². The summed E-state index contributed by atoms with van der Waals surface area (Å²) in [5.74, 6) is -0.115. The highest BCUT2D eigenvalue weighted by Crippen LogP contribution is 1.83. The van der Waals surface area contributed by atoms with Gasteiger partial charge in [0.25, 0.3) is 0 Å². The van der Waals surface area contributed by atoms with Crippen LogP contribution in [0.1, 0.15) is 26.7 Å². The normalized spacial score (nSPS) is 9.64. The van der Waals surface area contributed by atoms with Crippen molar-refractivity contribution in [2.24, 2.45) is 0 Å². The van der Waals surface area contributed by atoms with E-state index in [9.17, 15) is 4.79 Å². The second-order valence-corrected chi connectivity index (χ2v) is 2.31. The van der Waals surface area contributed by atoms with Crippen molar-refractivity contribution < 1.29 is 9.53 Å². The lowest BCUT2D eigenvalue weighted by molar-refractivity contribution is -0.142. The molecular weight excluding hydrogens is 142 g/mol. The van der Waals surface area contributed by atoms with E-state index in [2.05, 4.69) is 12.2 Å². The summed E-state index contributed by atoms with van der Waals surface area (Å²) in [6.45, 7) is 6.09. The van der Waals surface area contributed by atoms with Crippen LogP contribution in [0.4, 0.5) is 0 Å². The van der Waals surface area contributed by atoms with Crippen LogP contribution < -0.4 is 5.32 Å². The maximum atomic E-state index is 10.7. The van der Waals surface area contributed by atoms with E-state index in [1.165, 1.54) is 0 Å². The summed E-state index contributed by atoms with van der Waals surface area (Å²) in [4.78, 5) is 10.7. The van der Waals surface area contributed by atoms with Gasteiger partial charge >= 0.3 is 5.97 Å². The largest absolute Gasteiger partial charge is 0.466 e. The second kappa shape index (κ2) is 7.54. The molecule has 0 spiro atoms. The van der Waals surface area contributed by atoms with Crippen LogP contribution in [0.2, 0.25) is 0 Å². The van der Waals surface area contributed by atoms with E-state index >= 15 is 0 Å². The van der Waals surface area contributed by atoms with Crippen LogP contribution in [0, 0.1) is 0 Å². The predicted molar refractivity (Wildman–Crippen MR) is 44.4 cm³/mol. The molecule has 0 atom stereocenters. The number of ether oxygens (including phenoxy) is 1. The van der Waals surface area contributed by atoms with Crippen LogP contribution in [0.5, 0.6) is 0 Å². The summed E-state index contributed by atoms with van der Waals surface area (Å²) in [6.07, 6.45) is 1.58. The van der Waals surface area contributed by atoms with Crippen LogP contribution in [0.3, 0.4) is 0 Å². The average molecular weight is 159 g/mol. The van der Waals surface area contributed by atoms with Crippen LogP contribution in [0.25, 0.3) is 0 Å². The van der Waals surface area contributed by atoms with E-state index in [4.69, 9.17) is 4.74 Å². The molecule has 0 aliphatic heterocycles. The molecule has 0 amide bonds. The number of carbonyl (C=O) groups is 1. The molecule has 0 saturated carbocycles. The first-order valence-electron chi connectivity index (χ1n) is 4.17. The standard InChI is InChI=1S/C8H17NO2/c1-3-6-9-7-5-8(10)11-4-2/h9H,3-7H2,1-2H3. The van der Waals surface area contributed by atoms with Crippen LogP contribution in [0.15, 0.2) is 0 Å². The van der Waals surface area contributed by atoms with Crippen molar-refractivity contribution in [2.75, 3.05) is 19.7 Å². The zero-order valence-corrected chi connectivity index (χ0v) is 7.35. The van der Waals surface area contributed by atoms with Crippen LogP contribution >= 0.6 is 0 Å². The van der Waals surface area contributed by atoms with Crippen molar-refractivity contribution in [1.82, 2.24) is 5.32 Å². The maximum Gasteiger partial charge on any atom is 0.307 e. The molecule has 1 N–H and O–H groups in total. The third-order valence-electron chi connectivity index (χ3n) is 1.24. The first kappa shape index (κ1) is 10.4. The minimum absolute atomic E-state index is 0.115. The number of rotatable bonds is 6. The smallest absolute Gasteiger partial charge is 0.307 e. The van der Waals surface area contributed by atoms with E-state index in [0.717, 1.165) is 19.5 Å². The van der Waals surface area contributed by atoms with Crippen molar-refractivity contribution >= 4 is 5.97 Å². The summed E-state index contributed by atoms with van der Waals surface area (Å²) < 4.78 is 4.74. The molecule has 66 valence electrons. The fraction of sp³-hybridized carbons (Fsp3) is 0.875. The van der Waals surface area contributed by atoms with Gasteiger partial charge in [0.05, 0.1) is 13.0 Å². The number of esters is 1. The molecule has 0 rings (SSSR count). The molecule has 0 aliphatic carbocycles. The molecule has 0 unspecified atom stereocenters. The topological polar surface area (TPSA) is 38.3 Å². The highest BCUT2D eigenvalue weighted by molar-refractivity contribution is 5.69. The van der Waals surface area contributed by atoms with Gasteiger partial charge in [0.1, 0.15) is 0 Å². The SMILES string of the molecule is CCCNCCC(=O)OCC. The first-order chi connectivity index (χ1) is 5.31. The summed E-state index contributed by atoms with van der Waals surface area (Å²) in [7, 11) is 0. The van der Waals surface area contributed by atoms with Gasteiger partial charge in [-0.25, -0.2) is 0 Å². The average Bonchev–Trinajstić information content (AvgIpc) is 1.99. The summed E-state index contributed by atoms with van der Waals surface area (Å²) in [6, 6.07) is 0. The Bertz CT molecular complexity index is 104. The molecule has 0 aromatic rings. The lowest BCUT2D eigenvalue weighted by Crippen LogP contribution is -2.19. The fourth-order valence-electron chi connectivity index (χ4n) is 0.725. The molecule has 0 heterocycles. The van der Waals surface area contributed by atoms with E-state index in [1.807, 2.05) is 6.92 Å². The predicted octanol–water partition coefficient (Wildman–Crippen LogP) is 0.939. The third kappa shape index (κ3) is 7.33. The minimum atomic E-state index is -0.115. The number of hydrogen-bond donors (Lipinski definition) is 1. The van der Waals surface area contributed by atoms with Gasteiger partial charge in [-0.3, -0.25) is 4.79 Å². The van der Waals surface area contributed by atoms with E-state index in [0.29, 0.717) is 13.0 Å². The lowest BCUT2D eigenvalue weighted by atomic mass is 10.4. The van der Waals surface area contributed by atoms with Gasteiger partial charge in [0.15, 0.2) is 0 Å². The Morgan fingerprint density at radius 1 is 1.36 bits per heavy atom. The van der Waals surface area contributed by atoms with Gasteiger partial charge in [0, 0.05) is 6.54 Å². The van der Waals surface area contributed by atoms with Gasteiger partial charge in [-0.05, 0) is 19.9 Å². The van der Waals surface area contributed by atoms with Crippen molar-refractivity contribution in [3.8, 4) is 0 Å². The minimum Gasteiger partial charge on any atom is -0.466 e. The molecule has 3 nitrogen and oxygen atoms in total. The van der Waals surface area contributed by atoms with Gasteiger partial charge in [0.2, 0.25) is 0 Å². The van der Waals surface area contributed by atoms with Crippen molar-refractivity contribution in [3.05, 3.63) is 0 Å². The Labute approximate surface area is 68.1 Å². The Morgan fingerprint density at radius 3 is 2.64 bits per heavy atom. The summed E-state index contributed by atoms with van der Waals surface area (Å²) in [5, 5.41) is 3.12.